The van der Waals surface area contributed by atoms with Crippen LogP contribution in [0.1, 0.15) is 0 Å². The quantitative estimate of drug-likeness (QED) is 0.644. The van der Waals surface area contributed by atoms with Crippen molar-refractivity contribution in [1.29, 1.82) is 0 Å². The van der Waals surface area contributed by atoms with Crippen molar-refractivity contribution in [2.24, 2.45) is 0 Å². The minimum Gasteiger partial charge on any atom is -0.490 e. The molecular weight excluding hydrogens is 361 g/mol. The van der Waals surface area contributed by atoms with Crippen molar-refractivity contribution < 1.29 is 9.47 Å². The van der Waals surface area contributed by atoms with Gasteiger partial charge in [0.15, 0.2) is 0 Å². The lowest BCUT2D eigenvalue weighted by Gasteiger charge is -2.12. The molecule has 0 bridgehead atoms. The van der Waals surface area contributed by atoms with E-state index in [0.717, 1.165) is 11.1 Å². The number of halogens is 2. The molecule has 0 radical (unpaired) electrons. The van der Waals surface area contributed by atoms with Crippen molar-refractivity contribution in [3.8, 4) is 22.6 Å². The number of hydrogen-bond donors (Lipinski definition) is 1. The highest BCUT2D eigenvalue weighted by molar-refractivity contribution is 6.36. The minimum atomic E-state index is 0.376. The predicted molar refractivity (Wildman–Crippen MR) is 101 cm³/mol. The maximum atomic E-state index is 6.34. The lowest BCUT2D eigenvalue weighted by molar-refractivity contribution is 0.146. The highest BCUT2D eigenvalue weighted by Crippen LogP contribution is 2.36. The molecule has 25 heavy (non-hydrogen) atoms. The van der Waals surface area contributed by atoms with Crippen LogP contribution < -0.4 is 10.5 Å². The fourth-order valence-electron chi connectivity index (χ4n) is 2.42. The molecule has 0 aliphatic carbocycles. The fraction of sp³-hybridized carbons (Fsp3) is 0.167. The minimum absolute atomic E-state index is 0.376. The van der Waals surface area contributed by atoms with Crippen LogP contribution in [-0.4, -0.2) is 30.1 Å². The molecule has 0 saturated carbocycles. The van der Waals surface area contributed by atoms with Crippen LogP contribution in [0.4, 0.5) is 5.82 Å². The summed E-state index contributed by atoms with van der Waals surface area (Å²) in [6.07, 6.45) is 1.71. The first-order valence-electron chi connectivity index (χ1n) is 7.62. The van der Waals surface area contributed by atoms with Gasteiger partial charge in [-0.2, -0.15) is 5.10 Å². The molecule has 0 saturated heterocycles. The van der Waals surface area contributed by atoms with Gasteiger partial charge in [-0.05, 0) is 11.6 Å². The Morgan fingerprint density at radius 3 is 2.56 bits per heavy atom. The van der Waals surface area contributed by atoms with E-state index < -0.39 is 0 Å². The molecule has 0 spiro atoms. The zero-order valence-electron chi connectivity index (χ0n) is 13.6. The third-order valence-electron chi connectivity index (χ3n) is 3.67. The molecule has 0 fully saturated rings. The van der Waals surface area contributed by atoms with Crippen LogP contribution in [0.5, 0.6) is 5.75 Å². The first kappa shape index (κ1) is 17.6. The summed E-state index contributed by atoms with van der Waals surface area (Å²) < 4.78 is 12.2. The second kappa shape index (κ2) is 7.78. The maximum absolute atomic E-state index is 6.34. The molecule has 1 heterocycles. The van der Waals surface area contributed by atoms with Gasteiger partial charge in [-0.15, -0.1) is 0 Å². The van der Waals surface area contributed by atoms with Crippen molar-refractivity contribution in [1.82, 2.24) is 9.78 Å². The summed E-state index contributed by atoms with van der Waals surface area (Å²) in [5.41, 5.74) is 8.70. The van der Waals surface area contributed by atoms with E-state index >= 15 is 0 Å². The average Bonchev–Trinajstić information content (AvgIpc) is 2.99. The molecule has 3 rings (SSSR count). The Hall–Kier alpha value is -2.21. The summed E-state index contributed by atoms with van der Waals surface area (Å²) in [6, 6.07) is 13.1. The molecule has 2 aromatic carbocycles. The number of hydrogen-bond acceptors (Lipinski definition) is 4. The summed E-state index contributed by atoms with van der Waals surface area (Å²) in [6.45, 7) is 0.831. The molecule has 0 unspecified atom stereocenters. The van der Waals surface area contributed by atoms with E-state index in [1.807, 2.05) is 30.3 Å². The average molecular weight is 378 g/mol. The molecule has 7 heteroatoms. The number of methoxy groups -OCH3 is 1. The number of nitrogens with zero attached hydrogens (tertiary/aromatic N) is 2. The van der Waals surface area contributed by atoms with E-state index in [-0.39, 0.29) is 0 Å². The smallest absolute Gasteiger partial charge is 0.140 e. The summed E-state index contributed by atoms with van der Waals surface area (Å²) in [5.74, 6) is 0.979. The molecule has 1 aromatic heterocycles. The third-order valence-corrected chi connectivity index (χ3v) is 4.26. The predicted octanol–water partition coefficient (Wildman–Crippen LogP) is 4.45. The molecule has 130 valence electrons. The van der Waals surface area contributed by atoms with Crippen LogP contribution in [0.25, 0.3) is 16.8 Å². The lowest BCUT2D eigenvalue weighted by Crippen LogP contribution is -2.07. The van der Waals surface area contributed by atoms with Crippen LogP contribution in [0.2, 0.25) is 10.0 Å². The molecule has 0 atom stereocenters. The van der Waals surface area contributed by atoms with E-state index in [1.165, 1.54) is 0 Å². The van der Waals surface area contributed by atoms with Gasteiger partial charge in [0.1, 0.15) is 18.2 Å². The van der Waals surface area contributed by atoms with Gasteiger partial charge in [-0.25, -0.2) is 4.68 Å². The van der Waals surface area contributed by atoms with Crippen molar-refractivity contribution in [3.63, 3.8) is 0 Å². The Morgan fingerprint density at radius 1 is 1.08 bits per heavy atom. The molecule has 3 aromatic rings. The van der Waals surface area contributed by atoms with E-state index in [2.05, 4.69) is 5.10 Å². The number of aromatic nitrogens is 2. The monoisotopic (exact) mass is 377 g/mol. The largest absolute Gasteiger partial charge is 0.490 e. The van der Waals surface area contributed by atoms with Gasteiger partial charge >= 0.3 is 0 Å². The van der Waals surface area contributed by atoms with E-state index in [4.69, 9.17) is 38.4 Å². The number of benzene rings is 2. The Balaban J connectivity index is 1.99. The highest BCUT2D eigenvalue weighted by Gasteiger charge is 2.16. The van der Waals surface area contributed by atoms with Crippen LogP contribution in [0, 0.1) is 0 Å². The summed E-state index contributed by atoms with van der Waals surface area (Å²) >= 11 is 12.5. The first-order valence-corrected chi connectivity index (χ1v) is 8.37. The molecule has 0 aliphatic rings. The van der Waals surface area contributed by atoms with Gasteiger partial charge in [0, 0.05) is 18.7 Å². The van der Waals surface area contributed by atoms with Crippen LogP contribution in [-0.2, 0) is 4.74 Å². The summed E-state index contributed by atoms with van der Waals surface area (Å²) in [5, 5.41) is 5.22. The van der Waals surface area contributed by atoms with E-state index in [0.29, 0.717) is 40.5 Å². The maximum Gasteiger partial charge on any atom is 0.140 e. The molecule has 2 N–H and O–H groups in total. The van der Waals surface area contributed by atoms with Crippen molar-refractivity contribution >= 4 is 29.0 Å². The van der Waals surface area contributed by atoms with E-state index in [9.17, 15) is 0 Å². The first-order chi connectivity index (χ1) is 12.1. The van der Waals surface area contributed by atoms with Gasteiger partial charge < -0.3 is 15.2 Å². The summed E-state index contributed by atoms with van der Waals surface area (Å²) in [4.78, 5) is 0. The topological polar surface area (TPSA) is 62.3 Å². The standard InChI is InChI=1S/C18H17Cl2N3O2/c1-24-7-8-25-17-10-16(14(19)9-15(17)20)23-18(21)13(11-22-23)12-5-3-2-4-6-12/h2-6,9-11H,7-8,21H2,1H3. The molecule has 5 nitrogen and oxygen atoms in total. The SMILES string of the molecule is COCCOc1cc(-n2ncc(-c3ccccc3)c2N)c(Cl)cc1Cl. The number of rotatable bonds is 6. The summed E-state index contributed by atoms with van der Waals surface area (Å²) in [7, 11) is 1.60. The number of ether oxygens (including phenoxy) is 2. The van der Waals surface area contributed by atoms with Crippen LogP contribution in [0.15, 0.2) is 48.7 Å². The second-order valence-corrected chi connectivity index (χ2v) is 6.11. The zero-order chi connectivity index (χ0) is 17.8. The van der Waals surface area contributed by atoms with Gasteiger partial charge in [0.25, 0.3) is 0 Å². The zero-order valence-corrected chi connectivity index (χ0v) is 15.1. The Morgan fingerprint density at radius 2 is 1.84 bits per heavy atom. The number of nitrogens with two attached hydrogens (primary N) is 1. The van der Waals surface area contributed by atoms with Crippen molar-refractivity contribution in [2.75, 3.05) is 26.1 Å². The normalized spacial score (nSPS) is 10.8. The van der Waals surface area contributed by atoms with Gasteiger partial charge in [-0.1, -0.05) is 53.5 Å². The van der Waals surface area contributed by atoms with Crippen LogP contribution >= 0.6 is 23.2 Å². The fourth-order valence-corrected chi connectivity index (χ4v) is 2.93. The number of anilines is 1. The lowest BCUT2D eigenvalue weighted by atomic mass is 10.1. The Labute approximate surface area is 155 Å². The Kier molecular flexibility index (Phi) is 5.48. The molecule has 0 amide bonds. The van der Waals surface area contributed by atoms with E-state index in [1.54, 1.807) is 30.1 Å². The van der Waals surface area contributed by atoms with Gasteiger partial charge in [0.2, 0.25) is 0 Å². The third kappa shape index (κ3) is 3.74. The van der Waals surface area contributed by atoms with Gasteiger partial charge in [0.05, 0.1) is 28.5 Å². The molecular formula is C18H17Cl2N3O2. The Bertz CT molecular complexity index is 866. The molecule has 0 aliphatic heterocycles. The number of nitrogen functional groups attached to an aromatic ring is 1. The highest BCUT2D eigenvalue weighted by atomic mass is 35.5. The van der Waals surface area contributed by atoms with Gasteiger partial charge in [-0.3, -0.25) is 0 Å². The second-order valence-electron chi connectivity index (χ2n) is 5.30. The van der Waals surface area contributed by atoms with Crippen molar-refractivity contribution in [3.05, 3.63) is 58.7 Å². The van der Waals surface area contributed by atoms with Crippen molar-refractivity contribution in [2.45, 2.75) is 0 Å². The van der Waals surface area contributed by atoms with Crippen LogP contribution in [0.3, 0.4) is 0 Å².